The minimum absolute atomic E-state index is 0.164. The predicted molar refractivity (Wildman–Crippen MR) is 70.5 cm³/mol. The zero-order valence-corrected chi connectivity index (χ0v) is 11.4. The molecular formula is C13H25N3O2. The smallest absolute Gasteiger partial charge is 0.253 e. The Morgan fingerprint density at radius 2 is 2.11 bits per heavy atom. The number of unbranched alkanes of at least 4 members (excludes halogenated alkanes) is 1. The van der Waals surface area contributed by atoms with Gasteiger partial charge in [0.1, 0.15) is 6.10 Å². The first-order valence-corrected chi connectivity index (χ1v) is 7.14. The van der Waals surface area contributed by atoms with E-state index in [9.17, 15) is 4.79 Å². The number of rotatable bonds is 4. The van der Waals surface area contributed by atoms with Crippen molar-refractivity contribution in [2.45, 2.75) is 25.9 Å². The van der Waals surface area contributed by atoms with Crippen LogP contribution in [0, 0.1) is 0 Å². The number of nitrogens with zero attached hydrogens (tertiary/aromatic N) is 2. The van der Waals surface area contributed by atoms with Gasteiger partial charge in [-0.05, 0) is 13.0 Å². The Bertz CT molecular complexity index is 259. The zero-order valence-electron chi connectivity index (χ0n) is 11.4. The summed E-state index contributed by atoms with van der Waals surface area (Å²) in [5, 5.41) is 3.21. The molecule has 2 saturated heterocycles. The van der Waals surface area contributed by atoms with Crippen molar-refractivity contribution in [1.29, 1.82) is 0 Å². The van der Waals surface area contributed by atoms with Crippen LogP contribution in [0.5, 0.6) is 0 Å². The standard InChI is InChI=1S/C13H25N3O2/c1-2-3-5-15-6-8-16(9-7-15)13(17)12-11-14-4-10-18-12/h12,14H,2-11H2,1H3. The van der Waals surface area contributed by atoms with Gasteiger partial charge < -0.3 is 15.0 Å². The Labute approximate surface area is 109 Å². The third-order valence-electron chi connectivity index (χ3n) is 3.71. The molecule has 2 rings (SSSR count). The van der Waals surface area contributed by atoms with Crippen molar-refractivity contribution in [3.05, 3.63) is 0 Å². The molecule has 1 unspecified atom stereocenters. The maximum Gasteiger partial charge on any atom is 0.253 e. The van der Waals surface area contributed by atoms with Crippen LogP contribution >= 0.6 is 0 Å². The highest BCUT2D eigenvalue weighted by molar-refractivity contribution is 5.81. The Hall–Kier alpha value is -0.650. The lowest BCUT2D eigenvalue weighted by Crippen LogP contribution is -2.55. The van der Waals surface area contributed by atoms with Crippen LogP contribution < -0.4 is 5.32 Å². The fourth-order valence-electron chi connectivity index (χ4n) is 2.50. The van der Waals surface area contributed by atoms with Crippen LogP contribution in [0.3, 0.4) is 0 Å². The van der Waals surface area contributed by atoms with E-state index in [1.165, 1.54) is 19.4 Å². The largest absolute Gasteiger partial charge is 0.366 e. The molecule has 0 saturated carbocycles. The van der Waals surface area contributed by atoms with Crippen LogP contribution in [-0.4, -0.2) is 74.2 Å². The lowest BCUT2D eigenvalue weighted by molar-refractivity contribution is -0.147. The molecule has 0 radical (unpaired) electrons. The van der Waals surface area contributed by atoms with Gasteiger partial charge in [0.25, 0.3) is 5.91 Å². The average molecular weight is 255 g/mol. The minimum Gasteiger partial charge on any atom is -0.366 e. The number of carbonyl (C=O) groups excluding carboxylic acids is 1. The second-order valence-electron chi connectivity index (χ2n) is 5.08. The number of hydrogen-bond acceptors (Lipinski definition) is 4. The zero-order chi connectivity index (χ0) is 12.8. The highest BCUT2D eigenvalue weighted by atomic mass is 16.5. The summed E-state index contributed by atoms with van der Waals surface area (Å²) >= 11 is 0. The van der Waals surface area contributed by atoms with E-state index in [0.717, 1.165) is 32.7 Å². The average Bonchev–Trinajstić information content (AvgIpc) is 2.46. The Balaban J connectivity index is 1.73. The molecule has 0 bridgehead atoms. The number of amides is 1. The monoisotopic (exact) mass is 255 g/mol. The second-order valence-corrected chi connectivity index (χ2v) is 5.08. The SMILES string of the molecule is CCCCN1CCN(C(=O)C2CNCCO2)CC1. The fourth-order valence-corrected chi connectivity index (χ4v) is 2.50. The van der Waals surface area contributed by atoms with Gasteiger partial charge in [-0.2, -0.15) is 0 Å². The first kappa shape index (κ1) is 13.8. The van der Waals surface area contributed by atoms with Crippen LogP contribution in [-0.2, 0) is 9.53 Å². The number of piperazine rings is 1. The fraction of sp³-hybridized carbons (Fsp3) is 0.923. The summed E-state index contributed by atoms with van der Waals surface area (Å²) in [5.74, 6) is 0.164. The lowest BCUT2D eigenvalue weighted by atomic mass is 10.2. The normalized spacial score (nSPS) is 26.3. The van der Waals surface area contributed by atoms with Crippen LogP contribution in [0.1, 0.15) is 19.8 Å². The molecule has 5 heteroatoms. The van der Waals surface area contributed by atoms with Crippen molar-refractivity contribution < 1.29 is 9.53 Å². The molecule has 2 aliphatic rings. The molecule has 0 aromatic carbocycles. The van der Waals surface area contributed by atoms with Crippen molar-refractivity contribution in [3.8, 4) is 0 Å². The molecule has 18 heavy (non-hydrogen) atoms. The number of hydrogen-bond donors (Lipinski definition) is 1. The van der Waals surface area contributed by atoms with E-state index in [4.69, 9.17) is 4.74 Å². The van der Waals surface area contributed by atoms with E-state index in [0.29, 0.717) is 13.2 Å². The van der Waals surface area contributed by atoms with E-state index >= 15 is 0 Å². The van der Waals surface area contributed by atoms with Gasteiger partial charge in [-0.25, -0.2) is 0 Å². The molecule has 1 amide bonds. The van der Waals surface area contributed by atoms with Crippen molar-refractivity contribution in [1.82, 2.24) is 15.1 Å². The van der Waals surface area contributed by atoms with Crippen LogP contribution in [0.4, 0.5) is 0 Å². The van der Waals surface area contributed by atoms with Gasteiger partial charge in [0.15, 0.2) is 0 Å². The summed E-state index contributed by atoms with van der Waals surface area (Å²) in [6, 6.07) is 0. The number of morpholine rings is 1. The van der Waals surface area contributed by atoms with E-state index < -0.39 is 0 Å². The van der Waals surface area contributed by atoms with Crippen molar-refractivity contribution in [3.63, 3.8) is 0 Å². The Morgan fingerprint density at radius 1 is 1.33 bits per heavy atom. The first-order chi connectivity index (χ1) is 8.81. The minimum atomic E-state index is -0.263. The summed E-state index contributed by atoms with van der Waals surface area (Å²) in [5.41, 5.74) is 0. The molecule has 0 spiro atoms. The predicted octanol–water partition coefficient (Wildman–Crippen LogP) is -0.0809. The number of carbonyl (C=O) groups is 1. The Kier molecular flexibility index (Phi) is 5.41. The van der Waals surface area contributed by atoms with Gasteiger partial charge in [0, 0.05) is 39.3 Å². The van der Waals surface area contributed by atoms with Crippen LogP contribution in [0.2, 0.25) is 0 Å². The molecular weight excluding hydrogens is 230 g/mol. The molecule has 0 aromatic rings. The summed E-state index contributed by atoms with van der Waals surface area (Å²) < 4.78 is 5.52. The molecule has 1 N–H and O–H groups in total. The molecule has 104 valence electrons. The Morgan fingerprint density at radius 3 is 2.72 bits per heavy atom. The molecule has 1 atom stereocenters. The number of ether oxygens (including phenoxy) is 1. The summed E-state index contributed by atoms with van der Waals surface area (Å²) in [7, 11) is 0. The maximum absolute atomic E-state index is 12.2. The van der Waals surface area contributed by atoms with Gasteiger partial charge in [0.2, 0.25) is 0 Å². The summed E-state index contributed by atoms with van der Waals surface area (Å²) in [6.45, 7) is 9.26. The topological polar surface area (TPSA) is 44.8 Å². The number of nitrogens with one attached hydrogen (secondary N) is 1. The van der Waals surface area contributed by atoms with Crippen molar-refractivity contribution >= 4 is 5.91 Å². The van der Waals surface area contributed by atoms with Gasteiger partial charge in [-0.1, -0.05) is 13.3 Å². The van der Waals surface area contributed by atoms with Crippen molar-refractivity contribution in [2.75, 3.05) is 52.4 Å². The molecule has 2 fully saturated rings. The molecule has 2 aliphatic heterocycles. The first-order valence-electron chi connectivity index (χ1n) is 7.14. The maximum atomic E-state index is 12.2. The summed E-state index contributed by atoms with van der Waals surface area (Å²) in [4.78, 5) is 16.6. The van der Waals surface area contributed by atoms with Gasteiger partial charge in [-0.3, -0.25) is 9.69 Å². The van der Waals surface area contributed by atoms with Gasteiger partial charge in [0.05, 0.1) is 6.61 Å². The van der Waals surface area contributed by atoms with E-state index in [1.807, 2.05) is 4.90 Å². The molecule has 2 heterocycles. The van der Waals surface area contributed by atoms with Gasteiger partial charge in [-0.15, -0.1) is 0 Å². The molecule has 5 nitrogen and oxygen atoms in total. The van der Waals surface area contributed by atoms with Crippen molar-refractivity contribution in [2.24, 2.45) is 0 Å². The van der Waals surface area contributed by atoms with Gasteiger partial charge >= 0.3 is 0 Å². The second kappa shape index (κ2) is 7.07. The van der Waals surface area contributed by atoms with Crippen LogP contribution in [0.15, 0.2) is 0 Å². The highest BCUT2D eigenvalue weighted by Gasteiger charge is 2.28. The third-order valence-corrected chi connectivity index (χ3v) is 3.71. The van der Waals surface area contributed by atoms with Crippen LogP contribution in [0.25, 0.3) is 0 Å². The summed E-state index contributed by atoms with van der Waals surface area (Å²) in [6.07, 6.45) is 2.23. The molecule has 0 aromatic heterocycles. The van der Waals surface area contributed by atoms with E-state index in [-0.39, 0.29) is 12.0 Å². The molecule has 0 aliphatic carbocycles. The third kappa shape index (κ3) is 3.67. The quantitative estimate of drug-likeness (QED) is 0.763. The highest BCUT2D eigenvalue weighted by Crippen LogP contribution is 2.08. The van der Waals surface area contributed by atoms with E-state index in [2.05, 4.69) is 17.1 Å². The lowest BCUT2D eigenvalue weighted by Gasteiger charge is -2.37. The van der Waals surface area contributed by atoms with E-state index in [1.54, 1.807) is 0 Å².